The highest BCUT2D eigenvalue weighted by Gasteiger charge is 2.74. The van der Waals surface area contributed by atoms with E-state index in [1.807, 2.05) is 24.3 Å². The number of nitrogens with one attached hydrogen (secondary N) is 1. The van der Waals surface area contributed by atoms with Crippen molar-refractivity contribution in [1.29, 1.82) is 0 Å². The van der Waals surface area contributed by atoms with Gasteiger partial charge < -0.3 is 45.6 Å². The highest BCUT2D eigenvalue weighted by molar-refractivity contribution is 5.85. The van der Waals surface area contributed by atoms with Crippen LogP contribution in [-0.2, 0) is 38.1 Å². The van der Waals surface area contributed by atoms with Crippen molar-refractivity contribution in [3.05, 3.63) is 41.5 Å². The van der Waals surface area contributed by atoms with E-state index in [-0.39, 0.29) is 65.6 Å². The van der Waals surface area contributed by atoms with Crippen molar-refractivity contribution in [1.82, 2.24) is 5.32 Å². The molecule has 1 aromatic carbocycles. The number of carbonyl (C=O) groups is 4. The Morgan fingerprint density at radius 1 is 0.967 bits per heavy atom. The van der Waals surface area contributed by atoms with Crippen molar-refractivity contribution >= 4 is 29.8 Å². The predicted molar refractivity (Wildman–Crippen MR) is 222 cm³/mol. The van der Waals surface area contributed by atoms with Crippen LogP contribution in [0.15, 0.2) is 40.9 Å². The summed E-state index contributed by atoms with van der Waals surface area (Å²) in [6.45, 7) is 5.51. The Morgan fingerprint density at radius 2 is 1.72 bits per heavy atom. The van der Waals surface area contributed by atoms with Gasteiger partial charge in [-0.05, 0) is 112 Å². The SMILES string of the molecule is COc1ccc(C2O[C@H]3C[C@]4(O2)[C@@H]2CC[C@@H]5C[C@@H](OC(=O)CCCCCCCC(=O)N[C@@H](CCCN=C(N)N)C(=O)O)CC[C@]5(C)[C@H]2CC[C@]4(C)[C@H]3C2=CC(=O)OC2)cc1. The number of ether oxygens (including phenoxy) is 5. The molecule has 6 N–H and O–H groups in total. The zero-order chi connectivity index (χ0) is 42.7. The number of carboxylic acid groups (broad SMARTS) is 1. The van der Waals surface area contributed by atoms with E-state index >= 15 is 0 Å². The Hall–Kier alpha value is -4.17. The fraction of sp³-hybridized carbons (Fsp3) is 0.717. The van der Waals surface area contributed by atoms with Crippen LogP contribution in [0.5, 0.6) is 5.75 Å². The van der Waals surface area contributed by atoms with E-state index in [2.05, 4.69) is 24.2 Å². The average Bonchev–Trinajstić information content (AvgIpc) is 3.72. The highest BCUT2D eigenvalue weighted by atomic mass is 16.7. The normalized spacial score (nSPS) is 34.5. The number of cyclic esters (lactones) is 1. The molecule has 14 nitrogen and oxygen atoms in total. The maximum absolute atomic E-state index is 13.1. The molecule has 2 heterocycles. The number of hydrogen-bond donors (Lipinski definition) is 4. The molecule has 6 aliphatic rings. The second-order valence-electron chi connectivity index (χ2n) is 18.8. The third-order valence-corrected chi connectivity index (χ3v) is 15.5. The quantitative estimate of drug-likeness (QED) is 0.0560. The molecule has 4 saturated carbocycles. The highest BCUT2D eigenvalue weighted by Crippen LogP contribution is 2.73. The summed E-state index contributed by atoms with van der Waals surface area (Å²) in [5.74, 6) is 0.297. The van der Waals surface area contributed by atoms with Crippen molar-refractivity contribution in [2.75, 3.05) is 20.3 Å². The number of aliphatic carboxylic acids is 1. The summed E-state index contributed by atoms with van der Waals surface area (Å²) < 4.78 is 31.3. The van der Waals surface area contributed by atoms with Gasteiger partial charge in [0, 0.05) is 48.8 Å². The predicted octanol–water partition coefficient (Wildman–Crippen LogP) is 6.25. The third-order valence-electron chi connectivity index (χ3n) is 15.5. The third kappa shape index (κ3) is 8.91. The van der Waals surface area contributed by atoms with Crippen LogP contribution >= 0.6 is 0 Å². The second-order valence-corrected chi connectivity index (χ2v) is 18.8. The molecule has 1 spiro atoms. The Labute approximate surface area is 353 Å². The van der Waals surface area contributed by atoms with Crippen molar-refractivity contribution in [3.63, 3.8) is 0 Å². The first-order valence-electron chi connectivity index (χ1n) is 22.4. The lowest BCUT2D eigenvalue weighted by Gasteiger charge is -2.65. The van der Waals surface area contributed by atoms with Gasteiger partial charge in [-0.25, -0.2) is 9.59 Å². The molecule has 7 rings (SSSR count). The maximum Gasteiger partial charge on any atom is 0.331 e. The Balaban J connectivity index is 0.891. The number of carboxylic acids is 1. The maximum atomic E-state index is 13.1. The van der Waals surface area contributed by atoms with Gasteiger partial charge in [0.1, 0.15) is 24.5 Å². The molecule has 11 atom stereocenters. The first-order valence-corrected chi connectivity index (χ1v) is 22.4. The first kappa shape index (κ1) is 43.9. The monoisotopic (exact) mass is 834 g/mol. The number of fused-ring (bicyclic) bond motifs is 4. The number of aliphatic imine (C=N–C) groups is 1. The minimum atomic E-state index is -1.08. The summed E-state index contributed by atoms with van der Waals surface area (Å²) in [5, 5.41) is 12.0. The number of nitrogens with zero attached hydrogens (tertiary/aromatic N) is 1. The zero-order valence-corrected chi connectivity index (χ0v) is 35.7. The van der Waals surface area contributed by atoms with Crippen LogP contribution in [0.4, 0.5) is 0 Å². The number of benzene rings is 1. The number of amides is 1. The molecule has 5 fully saturated rings. The molecule has 2 aliphatic heterocycles. The lowest BCUT2D eigenvalue weighted by atomic mass is 9.43. The minimum absolute atomic E-state index is 0.0406. The van der Waals surface area contributed by atoms with Crippen molar-refractivity contribution < 1.29 is 48.0 Å². The number of unbranched alkanes of at least 4 members (excludes halogenated alkanes) is 4. The van der Waals surface area contributed by atoms with Crippen LogP contribution < -0.4 is 21.5 Å². The molecule has 1 amide bonds. The standard InChI is InChI=1S/C46H66N4O10/c1-44-21-19-32(58-38(52)12-8-6-4-5-7-11-37(51)50-35(41(54)55)10-9-23-49-43(47)48)25-30(44)15-18-34-33(44)20-22-45(2)40(29-24-39(53)57-27-29)36-26-46(34,45)60-42(59-36)28-13-16-31(56-3)17-14-28/h13-14,16-17,24,30,32-36,40,42H,4-12,15,18-23,25-27H2,1-3H3,(H,50,51)(H,54,55)(H4,47,48,49)/t30-,32+,33+,34-,35+,36+,40+,42?,44+,45-,46+/m1/s1. The summed E-state index contributed by atoms with van der Waals surface area (Å²) in [4.78, 5) is 53.2. The van der Waals surface area contributed by atoms with Gasteiger partial charge in [0.15, 0.2) is 12.2 Å². The van der Waals surface area contributed by atoms with Crippen LogP contribution in [0.3, 0.4) is 0 Å². The number of carbonyl (C=O) groups excluding carboxylic acids is 3. The summed E-state index contributed by atoms with van der Waals surface area (Å²) in [7, 11) is 1.66. The molecule has 60 heavy (non-hydrogen) atoms. The molecular formula is C46H66N4O10. The van der Waals surface area contributed by atoms with E-state index in [9.17, 15) is 24.3 Å². The number of nitrogens with two attached hydrogens (primary N) is 2. The molecular weight excluding hydrogens is 769 g/mol. The largest absolute Gasteiger partial charge is 0.497 e. The lowest BCUT2D eigenvalue weighted by molar-refractivity contribution is -0.319. The van der Waals surface area contributed by atoms with Crippen molar-refractivity contribution in [2.45, 2.75) is 153 Å². The number of esters is 2. The van der Waals surface area contributed by atoms with Crippen LogP contribution in [0.25, 0.3) is 0 Å². The number of methoxy groups -OCH3 is 1. The van der Waals surface area contributed by atoms with E-state index in [4.69, 9.17) is 35.2 Å². The molecule has 1 unspecified atom stereocenters. The van der Waals surface area contributed by atoms with Gasteiger partial charge >= 0.3 is 17.9 Å². The van der Waals surface area contributed by atoms with E-state index in [1.165, 1.54) is 0 Å². The van der Waals surface area contributed by atoms with Gasteiger partial charge in [-0.15, -0.1) is 0 Å². The first-order chi connectivity index (χ1) is 28.8. The minimum Gasteiger partial charge on any atom is -0.497 e. The van der Waals surface area contributed by atoms with Gasteiger partial charge in [-0.1, -0.05) is 45.2 Å². The van der Waals surface area contributed by atoms with Gasteiger partial charge in [-0.3, -0.25) is 14.6 Å². The number of guanidine groups is 1. The summed E-state index contributed by atoms with van der Waals surface area (Å²) in [6.07, 6.45) is 14.1. The Kier molecular flexibility index (Phi) is 13.5. The van der Waals surface area contributed by atoms with Crippen molar-refractivity contribution in [3.8, 4) is 5.75 Å². The Bertz CT molecular complexity index is 1800. The molecule has 2 bridgehead atoms. The van der Waals surface area contributed by atoms with Gasteiger partial charge in [-0.2, -0.15) is 0 Å². The smallest absolute Gasteiger partial charge is 0.331 e. The fourth-order valence-electron chi connectivity index (χ4n) is 12.5. The molecule has 0 radical (unpaired) electrons. The molecule has 1 saturated heterocycles. The van der Waals surface area contributed by atoms with Crippen molar-refractivity contribution in [2.24, 2.45) is 51.0 Å². The molecule has 330 valence electrons. The van der Waals surface area contributed by atoms with E-state index < -0.39 is 23.9 Å². The van der Waals surface area contributed by atoms with Crippen LogP contribution in [0.2, 0.25) is 0 Å². The topological polar surface area (TPSA) is 211 Å². The van der Waals surface area contributed by atoms with E-state index in [1.54, 1.807) is 13.2 Å². The molecule has 4 aliphatic carbocycles. The van der Waals surface area contributed by atoms with Crippen LogP contribution in [-0.4, -0.2) is 79.0 Å². The van der Waals surface area contributed by atoms with E-state index in [0.717, 1.165) is 93.9 Å². The second kappa shape index (κ2) is 18.4. The summed E-state index contributed by atoms with van der Waals surface area (Å²) in [5.41, 5.74) is 12.1. The van der Waals surface area contributed by atoms with Gasteiger partial charge in [0.25, 0.3) is 0 Å². The lowest BCUT2D eigenvalue weighted by Crippen LogP contribution is -2.63. The summed E-state index contributed by atoms with van der Waals surface area (Å²) >= 11 is 0. The average molecular weight is 835 g/mol. The summed E-state index contributed by atoms with van der Waals surface area (Å²) in [6, 6.07) is 7.01. The Morgan fingerprint density at radius 3 is 2.42 bits per heavy atom. The van der Waals surface area contributed by atoms with Crippen LogP contribution in [0.1, 0.15) is 135 Å². The molecule has 14 heteroatoms. The van der Waals surface area contributed by atoms with Gasteiger partial charge in [0.05, 0.1) is 18.8 Å². The fourth-order valence-corrected chi connectivity index (χ4v) is 12.5. The van der Waals surface area contributed by atoms with Crippen LogP contribution in [0, 0.1) is 34.5 Å². The van der Waals surface area contributed by atoms with Gasteiger partial charge in [0.2, 0.25) is 5.91 Å². The number of hydrogen-bond acceptors (Lipinski definition) is 10. The molecule has 1 aromatic rings. The molecule has 0 aromatic heterocycles. The van der Waals surface area contributed by atoms with E-state index in [0.29, 0.717) is 50.2 Å². The number of rotatable bonds is 18. The zero-order valence-electron chi connectivity index (χ0n) is 35.7.